The molecule has 1 aromatic carbocycles. The van der Waals surface area contributed by atoms with Crippen LogP contribution in [0.2, 0.25) is 0 Å². The van der Waals surface area contributed by atoms with Crippen LogP contribution in [0.3, 0.4) is 0 Å². The van der Waals surface area contributed by atoms with Gasteiger partial charge < -0.3 is 5.11 Å². The zero-order chi connectivity index (χ0) is 14.3. The number of hydrogen-bond acceptors (Lipinski definition) is 2. The minimum Gasteiger partial charge on any atom is -0.478 e. The molecule has 2 aromatic rings. The average molecular weight is 267 g/mol. The number of carbonyl (C=O) groups is 1. The van der Waals surface area contributed by atoms with Crippen molar-refractivity contribution < 1.29 is 9.90 Å². The predicted molar refractivity (Wildman–Crippen MR) is 79.9 cm³/mol. The molecule has 3 heteroatoms. The van der Waals surface area contributed by atoms with Crippen molar-refractivity contribution >= 4 is 22.9 Å². The number of fused-ring (bicyclic) bond motifs is 2. The van der Waals surface area contributed by atoms with Gasteiger partial charge in [-0.25, -0.2) is 4.79 Å². The van der Waals surface area contributed by atoms with Gasteiger partial charge in [0.15, 0.2) is 0 Å². The molecule has 0 amide bonds. The number of pyridine rings is 1. The fourth-order valence-electron chi connectivity index (χ4n) is 3.10. The van der Waals surface area contributed by atoms with Gasteiger partial charge in [-0.2, -0.15) is 0 Å². The highest BCUT2D eigenvalue weighted by atomic mass is 16.4. The lowest BCUT2D eigenvalue weighted by molar-refractivity contribution is -0.131. The Morgan fingerprint density at radius 1 is 1.30 bits per heavy atom. The number of aliphatic carboxylic acids is 1. The van der Waals surface area contributed by atoms with E-state index in [4.69, 9.17) is 10.1 Å². The maximum atomic E-state index is 10.8. The normalized spacial score (nSPS) is 14.1. The van der Waals surface area contributed by atoms with Gasteiger partial charge in [0.05, 0.1) is 5.52 Å². The van der Waals surface area contributed by atoms with Crippen LogP contribution in [0.1, 0.15) is 34.4 Å². The first-order valence-corrected chi connectivity index (χ1v) is 6.90. The number of aromatic nitrogens is 1. The van der Waals surface area contributed by atoms with Gasteiger partial charge >= 0.3 is 5.97 Å². The Kier molecular flexibility index (Phi) is 3.05. The number of benzene rings is 1. The number of carboxylic acid groups (broad SMARTS) is 1. The standard InChI is InChI=1S/C17H17NO2/c1-10-8-11(2)17-14(9-10)12(6-7-16(19)20)13-4-3-5-15(13)18-17/h6-9H,3-5H2,1-2H3,(H,19,20)/b7-6+. The molecule has 0 saturated heterocycles. The monoisotopic (exact) mass is 267 g/mol. The van der Waals surface area contributed by atoms with Crippen molar-refractivity contribution in [3.8, 4) is 0 Å². The van der Waals surface area contributed by atoms with Crippen molar-refractivity contribution in [1.29, 1.82) is 0 Å². The molecule has 0 radical (unpaired) electrons. The molecule has 1 heterocycles. The number of hydrogen-bond donors (Lipinski definition) is 1. The van der Waals surface area contributed by atoms with Crippen LogP contribution in [0.4, 0.5) is 0 Å². The highest BCUT2D eigenvalue weighted by Gasteiger charge is 2.19. The zero-order valence-electron chi connectivity index (χ0n) is 11.7. The molecule has 1 aliphatic rings. The second-order valence-electron chi connectivity index (χ2n) is 5.45. The van der Waals surface area contributed by atoms with Crippen molar-refractivity contribution in [2.24, 2.45) is 0 Å². The predicted octanol–water partition coefficient (Wildman–Crippen LogP) is 3.44. The summed E-state index contributed by atoms with van der Waals surface area (Å²) in [6.07, 6.45) is 6.04. The van der Waals surface area contributed by atoms with Crippen molar-refractivity contribution in [3.05, 3.63) is 46.2 Å². The number of carboxylic acids is 1. The van der Waals surface area contributed by atoms with Gasteiger partial charge in [0.2, 0.25) is 0 Å². The van der Waals surface area contributed by atoms with E-state index in [2.05, 4.69) is 26.0 Å². The molecule has 0 spiro atoms. The fraction of sp³-hybridized carbons (Fsp3) is 0.294. The van der Waals surface area contributed by atoms with E-state index >= 15 is 0 Å². The van der Waals surface area contributed by atoms with Crippen molar-refractivity contribution in [2.45, 2.75) is 33.1 Å². The van der Waals surface area contributed by atoms with Crippen LogP contribution in [0.5, 0.6) is 0 Å². The lowest BCUT2D eigenvalue weighted by Crippen LogP contribution is -1.98. The van der Waals surface area contributed by atoms with E-state index in [1.54, 1.807) is 6.08 Å². The molecule has 0 bridgehead atoms. The van der Waals surface area contributed by atoms with Gasteiger partial charge in [-0.1, -0.05) is 11.6 Å². The van der Waals surface area contributed by atoms with E-state index in [0.29, 0.717) is 0 Å². The summed E-state index contributed by atoms with van der Waals surface area (Å²) in [6.45, 7) is 4.12. The SMILES string of the molecule is Cc1cc(C)c2nc3c(c(/C=C/C(=O)O)c2c1)CCC3. The van der Waals surface area contributed by atoms with E-state index in [-0.39, 0.29) is 0 Å². The largest absolute Gasteiger partial charge is 0.478 e. The molecule has 0 atom stereocenters. The van der Waals surface area contributed by atoms with Crippen LogP contribution in [-0.4, -0.2) is 16.1 Å². The molecular weight excluding hydrogens is 250 g/mol. The molecule has 0 aliphatic heterocycles. The maximum Gasteiger partial charge on any atom is 0.328 e. The first kappa shape index (κ1) is 12.9. The van der Waals surface area contributed by atoms with Crippen LogP contribution < -0.4 is 0 Å². The third-order valence-corrected chi connectivity index (χ3v) is 3.89. The highest BCUT2D eigenvalue weighted by Crippen LogP contribution is 2.32. The Labute approximate surface area is 118 Å². The Hall–Kier alpha value is -2.16. The molecule has 1 aliphatic carbocycles. The van der Waals surface area contributed by atoms with E-state index in [0.717, 1.165) is 47.0 Å². The summed E-state index contributed by atoms with van der Waals surface area (Å²) in [5, 5.41) is 9.97. The van der Waals surface area contributed by atoms with E-state index < -0.39 is 5.97 Å². The van der Waals surface area contributed by atoms with Gasteiger partial charge in [0.1, 0.15) is 0 Å². The molecule has 0 unspecified atom stereocenters. The molecule has 3 rings (SSSR count). The second kappa shape index (κ2) is 4.75. The summed E-state index contributed by atoms with van der Waals surface area (Å²) in [5.74, 6) is -0.911. The minimum atomic E-state index is -0.911. The summed E-state index contributed by atoms with van der Waals surface area (Å²) in [6, 6.07) is 4.23. The molecule has 1 N–H and O–H groups in total. The summed E-state index contributed by atoms with van der Waals surface area (Å²) < 4.78 is 0. The highest BCUT2D eigenvalue weighted by molar-refractivity contribution is 5.95. The van der Waals surface area contributed by atoms with Gasteiger partial charge in [-0.05, 0) is 61.9 Å². The quantitative estimate of drug-likeness (QED) is 0.848. The lowest BCUT2D eigenvalue weighted by atomic mass is 9.97. The van der Waals surface area contributed by atoms with Crippen LogP contribution in [0, 0.1) is 13.8 Å². The molecule has 102 valence electrons. The summed E-state index contributed by atoms with van der Waals surface area (Å²) in [5.41, 5.74) is 6.73. The van der Waals surface area contributed by atoms with Gasteiger partial charge in [-0.15, -0.1) is 0 Å². The average Bonchev–Trinajstić information content (AvgIpc) is 2.83. The molecule has 20 heavy (non-hydrogen) atoms. The lowest BCUT2D eigenvalue weighted by Gasteiger charge is -2.12. The van der Waals surface area contributed by atoms with Crippen LogP contribution in [0.15, 0.2) is 18.2 Å². The van der Waals surface area contributed by atoms with E-state index in [9.17, 15) is 4.79 Å². The number of rotatable bonds is 2. The second-order valence-corrected chi connectivity index (χ2v) is 5.45. The smallest absolute Gasteiger partial charge is 0.328 e. The van der Waals surface area contributed by atoms with Gasteiger partial charge in [0.25, 0.3) is 0 Å². The molecule has 0 saturated carbocycles. The fourth-order valence-corrected chi connectivity index (χ4v) is 3.10. The number of nitrogens with zero attached hydrogens (tertiary/aromatic N) is 1. The van der Waals surface area contributed by atoms with Crippen LogP contribution in [-0.2, 0) is 17.6 Å². The Morgan fingerprint density at radius 2 is 2.10 bits per heavy atom. The maximum absolute atomic E-state index is 10.8. The Bertz CT molecular complexity index is 744. The minimum absolute atomic E-state index is 0.911. The summed E-state index contributed by atoms with van der Waals surface area (Å²) in [7, 11) is 0. The molecule has 3 nitrogen and oxygen atoms in total. The van der Waals surface area contributed by atoms with Crippen LogP contribution in [0.25, 0.3) is 17.0 Å². The third kappa shape index (κ3) is 2.09. The first-order chi connectivity index (χ1) is 9.56. The van der Waals surface area contributed by atoms with E-state index in [1.807, 2.05) is 0 Å². The topological polar surface area (TPSA) is 50.2 Å². The zero-order valence-corrected chi connectivity index (χ0v) is 11.7. The first-order valence-electron chi connectivity index (χ1n) is 6.90. The molecular formula is C17H17NO2. The van der Waals surface area contributed by atoms with Crippen LogP contribution >= 0.6 is 0 Å². The van der Waals surface area contributed by atoms with Crippen molar-refractivity contribution in [2.75, 3.05) is 0 Å². The van der Waals surface area contributed by atoms with Gasteiger partial charge in [0, 0.05) is 17.2 Å². The summed E-state index contributed by atoms with van der Waals surface area (Å²) in [4.78, 5) is 15.6. The van der Waals surface area contributed by atoms with Gasteiger partial charge in [-0.3, -0.25) is 4.98 Å². The Balaban J connectivity index is 2.36. The van der Waals surface area contributed by atoms with Crippen molar-refractivity contribution in [1.82, 2.24) is 4.98 Å². The Morgan fingerprint density at radius 3 is 2.85 bits per heavy atom. The number of aryl methyl sites for hydroxylation is 3. The molecule has 0 fully saturated rings. The third-order valence-electron chi connectivity index (χ3n) is 3.89. The van der Waals surface area contributed by atoms with Crippen molar-refractivity contribution in [3.63, 3.8) is 0 Å². The molecule has 1 aromatic heterocycles. The summed E-state index contributed by atoms with van der Waals surface area (Å²) >= 11 is 0. The van der Waals surface area contributed by atoms with E-state index in [1.165, 1.54) is 17.2 Å².